The molecule has 0 unspecified atom stereocenters. The van der Waals surface area contributed by atoms with E-state index >= 15 is 0 Å². The molecule has 0 aromatic heterocycles. The lowest BCUT2D eigenvalue weighted by Crippen LogP contribution is -2.39. The van der Waals surface area contributed by atoms with Crippen molar-refractivity contribution in [2.75, 3.05) is 39.2 Å². The van der Waals surface area contributed by atoms with Crippen LogP contribution in [0.1, 0.15) is 19.3 Å². The molecule has 1 aliphatic heterocycles. The van der Waals surface area contributed by atoms with E-state index in [-0.39, 0.29) is 10.9 Å². The molecule has 1 heterocycles. The molecule has 1 aliphatic rings. The fourth-order valence-electron chi connectivity index (χ4n) is 3.66. The molecule has 2 aromatic rings. The normalized spacial score (nSPS) is 15.2. The van der Waals surface area contributed by atoms with Gasteiger partial charge in [-0.3, -0.25) is 0 Å². The van der Waals surface area contributed by atoms with Crippen molar-refractivity contribution in [2.24, 2.45) is 5.92 Å². The molecule has 32 heavy (non-hydrogen) atoms. The summed E-state index contributed by atoms with van der Waals surface area (Å²) in [5.41, 5.74) is 0.503. The van der Waals surface area contributed by atoms with Crippen LogP contribution in [0, 0.1) is 11.7 Å². The van der Waals surface area contributed by atoms with Gasteiger partial charge in [0, 0.05) is 25.7 Å². The monoisotopic (exact) mass is 465 g/mol. The number of rotatable bonds is 8. The lowest BCUT2D eigenvalue weighted by molar-refractivity contribution is 0.245. The SMILES string of the molecule is COc1ccc(OC)c(NC(=O)NCCC2CCN(S(=O)(=O)c3ccc(F)cc3)CC2)c1. The summed E-state index contributed by atoms with van der Waals surface area (Å²) in [7, 11) is -0.553. The van der Waals surface area contributed by atoms with Crippen LogP contribution >= 0.6 is 0 Å². The Balaban J connectivity index is 1.44. The number of carbonyl (C=O) groups excluding carboxylic acids is 1. The van der Waals surface area contributed by atoms with Gasteiger partial charge < -0.3 is 20.1 Å². The third kappa shape index (κ3) is 5.89. The molecule has 1 fully saturated rings. The Morgan fingerprint density at radius 1 is 1.09 bits per heavy atom. The molecule has 2 amide bonds. The van der Waals surface area contributed by atoms with Crippen LogP contribution in [0.25, 0.3) is 0 Å². The zero-order valence-corrected chi connectivity index (χ0v) is 19.0. The molecule has 8 nitrogen and oxygen atoms in total. The average Bonchev–Trinajstić information content (AvgIpc) is 2.79. The van der Waals surface area contributed by atoms with Crippen LogP contribution in [-0.2, 0) is 10.0 Å². The van der Waals surface area contributed by atoms with Gasteiger partial charge in [-0.1, -0.05) is 0 Å². The van der Waals surface area contributed by atoms with Crippen LogP contribution in [0.5, 0.6) is 11.5 Å². The van der Waals surface area contributed by atoms with Gasteiger partial charge in [0.05, 0.1) is 24.8 Å². The highest BCUT2D eigenvalue weighted by molar-refractivity contribution is 7.89. The van der Waals surface area contributed by atoms with Gasteiger partial charge in [0.1, 0.15) is 17.3 Å². The first-order chi connectivity index (χ1) is 15.3. The molecular weight excluding hydrogens is 437 g/mol. The minimum absolute atomic E-state index is 0.101. The Labute approximate surface area is 187 Å². The number of nitrogens with one attached hydrogen (secondary N) is 2. The highest BCUT2D eigenvalue weighted by atomic mass is 32.2. The van der Waals surface area contributed by atoms with E-state index in [4.69, 9.17) is 9.47 Å². The zero-order chi connectivity index (χ0) is 23.1. The first kappa shape index (κ1) is 23.8. The van der Waals surface area contributed by atoms with Crippen molar-refractivity contribution >= 4 is 21.7 Å². The predicted molar refractivity (Wildman–Crippen MR) is 119 cm³/mol. The fraction of sp³-hybridized carbons (Fsp3) is 0.409. The zero-order valence-electron chi connectivity index (χ0n) is 18.1. The maximum absolute atomic E-state index is 13.1. The second-order valence-corrected chi connectivity index (χ2v) is 9.48. The van der Waals surface area contributed by atoms with Gasteiger partial charge in [-0.05, 0) is 61.6 Å². The molecule has 0 atom stereocenters. The number of amides is 2. The smallest absolute Gasteiger partial charge is 0.319 e. The Morgan fingerprint density at radius 2 is 1.78 bits per heavy atom. The van der Waals surface area contributed by atoms with Crippen LogP contribution in [0.15, 0.2) is 47.4 Å². The van der Waals surface area contributed by atoms with Crippen molar-refractivity contribution < 1.29 is 27.1 Å². The van der Waals surface area contributed by atoms with Crippen molar-refractivity contribution in [1.29, 1.82) is 0 Å². The molecule has 0 aliphatic carbocycles. The second-order valence-electron chi connectivity index (χ2n) is 7.54. The van der Waals surface area contributed by atoms with E-state index in [0.29, 0.717) is 55.6 Å². The number of piperidine rings is 1. The predicted octanol–water partition coefficient (Wildman–Crippen LogP) is 3.46. The van der Waals surface area contributed by atoms with E-state index in [2.05, 4.69) is 10.6 Å². The molecule has 174 valence electrons. The molecule has 0 spiro atoms. The molecule has 0 saturated carbocycles. The van der Waals surface area contributed by atoms with E-state index in [1.54, 1.807) is 25.3 Å². The number of ether oxygens (including phenoxy) is 2. The molecule has 0 radical (unpaired) electrons. The number of urea groups is 1. The number of nitrogens with zero attached hydrogens (tertiary/aromatic N) is 1. The molecule has 10 heteroatoms. The molecule has 3 rings (SSSR count). The van der Waals surface area contributed by atoms with Gasteiger partial charge in [0.25, 0.3) is 0 Å². The van der Waals surface area contributed by atoms with Gasteiger partial charge in [-0.2, -0.15) is 4.31 Å². The lowest BCUT2D eigenvalue weighted by Gasteiger charge is -2.31. The number of sulfonamides is 1. The number of hydrogen-bond donors (Lipinski definition) is 2. The quantitative estimate of drug-likeness (QED) is 0.622. The Bertz CT molecular complexity index is 1020. The van der Waals surface area contributed by atoms with E-state index in [1.165, 1.54) is 23.5 Å². The third-order valence-electron chi connectivity index (χ3n) is 5.52. The van der Waals surface area contributed by atoms with Gasteiger partial charge in [0.15, 0.2) is 0 Å². The highest BCUT2D eigenvalue weighted by Gasteiger charge is 2.29. The highest BCUT2D eigenvalue weighted by Crippen LogP contribution is 2.29. The summed E-state index contributed by atoms with van der Waals surface area (Å²) in [6, 6.07) is 9.65. The van der Waals surface area contributed by atoms with Crippen molar-refractivity contribution in [1.82, 2.24) is 9.62 Å². The molecule has 0 bridgehead atoms. The van der Waals surface area contributed by atoms with Gasteiger partial charge in [-0.15, -0.1) is 0 Å². The number of anilines is 1. The van der Waals surface area contributed by atoms with Gasteiger partial charge >= 0.3 is 6.03 Å². The average molecular weight is 466 g/mol. The van der Waals surface area contributed by atoms with Crippen LogP contribution in [0.4, 0.5) is 14.9 Å². The number of benzene rings is 2. The van der Waals surface area contributed by atoms with E-state index in [1.807, 2.05) is 0 Å². The van der Waals surface area contributed by atoms with Crippen LogP contribution < -0.4 is 20.1 Å². The number of carbonyl (C=O) groups is 1. The number of hydrogen-bond acceptors (Lipinski definition) is 5. The Morgan fingerprint density at radius 3 is 2.41 bits per heavy atom. The standard InChI is InChI=1S/C22H28FN3O5S/c1-30-18-5-8-21(31-2)20(15-18)25-22(27)24-12-9-16-10-13-26(14-11-16)32(28,29)19-6-3-17(23)4-7-19/h3-8,15-16H,9-14H2,1-2H3,(H2,24,25,27). The third-order valence-corrected chi connectivity index (χ3v) is 7.43. The van der Waals surface area contributed by atoms with E-state index in [9.17, 15) is 17.6 Å². The minimum atomic E-state index is -3.62. The first-order valence-corrected chi connectivity index (χ1v) is 11.8. The summed E-state index contributed by atoms with van der Waals surface area (Å²) in [5, 5.41) is 5.58. The summed E-state index contributed by atoms with van der Waals surface area (Å²) in [5.74, 6) is 0.962. The Kier molecular flexibility index (Phi) is 7.92. The Hall–Kier alpha value is -2.85. The van der Waals surface area contributed by atoms with Crippen LogP contribution in [-0.4, -0.2) is 52.6 Å². The van der Waals surface area contributed by atoms with Crippen molar-refractivity contribution in [3.63, 3.8) is 0 Å². The second kappa shape index (κ2) is 10.6. The van der Waals surface area contributed by atoms with Gasteiger partial charge in [-0.25, -0.2) is 17.6 Å². The minimum Gasteiger partial charge on any atom is -0.497 e. The molecule has 1 saturated heterocycles. The number of halogens is 1. The van der Waals surface area contributed by atoms with Crippen molar-refractivity contribution in [3.05, 3.63) is 48.3 Å². The summed E-state index contributed by atoms with van der Waals surface area (Å²) < 4.78 is 50.3. The van der Waals surface area contributed by atoms with E-state index < -0.39 is 15.8 Å². The summed E-state index contributed by atoms with van der Waals surface area (Å²) in [6.45, 7) is 1.27. The summed E-state index contributed by atoms with van der Waals surface area (Å²) in [4.78, 5) is 12.4. The summed E-state index contributed by atoms with van der Waals surface area (Å²) in [6.07, 6.45) is 2.15. The maximum atomic E-state index is 13.1. The largest absolute Gasteiger partial charge is 0.497 e. The maximum Gasteiger partial charge on any atom is 0.319 e. The fourth-order valence-corrected chi connectivity index (χ4v) is 5.13. The van der Waals surface area contributed by atoms with Crippen LogP contribution in [0.3, 0.4) is 0 Å². The lowest BCUT2D eigenvalue weighted by atomic mass is 9.95. The van der Waals surface area contributed by atoms with Crippen molar-refractivity contribution in [3.8, 4) is 11.5 Å². The topological polar surface area (TPSA) is 97.0 Å². The first-order valence-electron chi connectivity index (χ1n) is 10.4. The van der Waals surface area contributed by atoms with Crippen molar-refractivity contribution in [2.45, 2.75) is 24.2 Å². The number of methoxy groups -OCH3 is 2. The summed E-state index contributed by atoms with van der Waals surface area (Å²) >= 11 is 0. The molecule has 2 aromatic carbocycles. The van der Waals surface area contributed by atoms with Gasteiger partial charge in [0.2, 0.25) is 10.0 Å². The van der Waals surface area contributed by atoms with Crippen LogP contribution in [0.2, 0.25) is 0 Å². The van der Waals surface area contributed by atoms with E-state index in [0.717, 1.165) is 18.6 Å². The molecule has 2 N–H and O–H groups in total. The molecular formula is C22H28FN3O5S.